The van der Waals surface area contributed by atoms with Crippen molar-refractivity contribution >= 4 is 5.97 Å². The SMILES string of the molecule is COC(=O)Cn1nnc(-c2ccccn2)n1. The van der Waals surface area contributed by atoms with Crippen molar-refractivity contribution < 1.29 is 9.53 Å². The summed E-state index contributed by atoms with van der Waals surface area (Å²) < 4.78 is 4.49. The zero-order valence-corrected chi connectivity index (χ0v) is 8.57. The molecule has 16 heavy (non-hydrogen) atoms. The third-order valence-electron chi connectivity index (χ3n) is 1.85. The summed E-state index contributed by atoms with van der Waals surface area (Å²) in [5, 5.41) is 11.5. The van der Waals surface area contributed by atoms with Crippen LogP contribution in [0.15, 0.2) is 24.4 Å². The number of methoxy groups -OCH3 is 1. The van der Waals surface area contributed by atoms with Gasteiger partial charge in [-0.05, 0) is 17.3 Å². The van der Waals surface area contributed by atoms with Gasteiger partial charge in [0.05, 0.1) is 7.11 Å². The van der Waals surface area contributed by atoms with Gasteiger partial charge in [-0.25, -0.2) is 4.79 Å². The smallest absolute Gasteiger partial charge is 0.329 e. The molecule has 2 heterocycles. The van der Waals surface area contributed by atoms with E-state index in [2.05, 4.69) is 25.1 Å². The molecule has 7 nitrogen and oxygen atoms in total. The lowest BCUT2D eigenvalue weighted by Crippen LogP contribution is -2.14. The predicted molar refractivity (Wildman–Crippen MR) is 53.1 cm³/mol. The Labute approximate surface area is 91.1 Å². The highest BCUT2D eigenvalue weighted by Gasteiger charge is 2.09. The van der Waals surface area contributed by atoms with Gasteiger partial charge in [0.1, 0.15) is 5.69 Å². The summed E-state index contributed by atoms with van der Waals surface area (Å²) in [6.07, 6.45) is 1.64. The largest absolute Gasteiger partial charge is 0.468 e. The van der Waals surface area contributed by atoms with Gasteiger partial charge >= 0.3 is 5.97 Å². The lowest BCUT2D eigenvalue weighted by atomic mass is 10.3. The van der Waals surface area contributed by atoms with Gasteiger partial charge in [-0.1, -0.05) is 6.07 Å². The van der Waals surface area contributed by atoms with Crippen molar-refractivity contribution in [1.82, 2.24) is 25.2 Å². The molecule has 2 aromatic heterocycles. The molecule has 0 unspecified atom stereocenters. The maximum atomic E-state index is 11.0. The average Bonchev–Trinajstić information content (AvgIpc) is 2.78. The fraction of sp³-hybridized carbons (Fsp3) is 0.222. The molecule has 0 aliphatic rings. The van der Waals surface area contributed by atoms with Gasteiger partial charge in [-0.2, -0.15) is 4.80 Å². The molecule has 0 fully saturated rings. The first-order valence-electron chi connectivity index (χ1n) is 4.55. The van der Waals surface area contributed by atoms with Crippen molar-refractivity contribution in [2.24, 2.45) is 0 Å². The Morgan fingerprint density at radius 2 is 2.38 bits per heavy atom. The van der Waals surface area contributed by atoms with Crippen molar-refractivity contribution in [3.05, 3.63) is 24.4 Å². The first kappa shape index (κ1) is 10.2. The zero-order valence-electron chi connectivity index (χ0n) is 8.57. The third kappa shape index (κ3) is 2.19. The summed E-state index contributed by atoms with van der Waals surface area (Å²) >= 11 is 0. The second-order valence-electron chi connectivity index (χ2n) is 2.93. The predicted octanol–water partition coefficient (Wildman–Crippen LogP) is -0.0919. The fourth-order valence-corrected chi connectivity index (χ4v) is 1.09. The van der Waals surface area contributed by atoms with E-state index in [1.54, 1.807) is 18.3 Å². The standard InChI is InChI=1S/C9H9N5O2/c1-16-8(15)6-14-12-9(11-13-14)7-4-2-3-5-10-7/h2-5H,6H2,1H3. The Kier molecular flexibility index (Phi) is 2.86. The van der Waals surface area contributed by atoms with E-state index in [9.17, 15) is 4.79 Å². The molecule has 0 aliphatic carbocycles. The van der Waals surface area contributed by atoms with Crippen LogP contribution >= 0.6 is 0 Å². The fourth-order valence-electron chi connectivity index (χ4n) is 1.09. The van der Waals surface area contributed by atoms with Crippen LogP contribution in [0, 0.1) is 0 Å². The molecule has 0 aromatic carbocycles. The number of pyridine rings is 1. The van der Waals surface area contributed by atoms with Crippen LogP contribution < -0.4 is 0 Å². The minimum Gasteiger partial charge on any atom is -0.468 e. The molecule has 0 spiro atoms. The minimum absolute atomic E-state index is 0.0592. The number of hydrogen-bond donors (Lipinski definition) is 0. The van der Waals surface area contributed by atoms with Gasteiger partial charge in [0.15, 0.2) is 6.54 Å². The number of carbonyl (C=O) groups is 1. The summed E-state index contributed by atoms with van der Waals surface area (Å²) in [6.45, 7) is -0.0592. The van der Waals surface area contributed by atoms with E-state index in [4.69, 9.17) is 0 Å². The number of esters is 1. The third-order valence-corrected chi connectivity index (χ3v) is 1.85. The van der Waals surface area contributed by atoms with Crippen LogP contribution in [0.1, 0.15) is 0 Å². The van der Waals surface area contributed by atoms with Crippen LogP contribution in [0.5, 0.6) is 0 Å². The van der Waals surface area contributed by atoms with Gasteiger partial charge in [0, 0.05) is 6.20 Å². The summed E-state index contributed by atoms with van der Waals surface area (Å²) in [5.41, 5.74) is 0.610. The molecule has 0 saturated heterocycles. The van der Waals surface area contributed by atoms with Crippen molar-refractivity contribution in [2.45, 2.75) is 6.54 Å². The van der Waals surface area contributed by atoms with E-state index in [0.29, 0.717) is 11.5 Å². The first-order chi connectivity index (χ1) is 7.79. The highest BCUT2D eigenvalue weighted by Crippen LogP contribution is 2.07. The van der Waals surface area contributed by atoms with E-state index in [-0.39, 0.29) is 6.54 Å². The monoisotopic (exact) mass is 219 g/mol. The Balaban J connectivity index is 2.17. The molecule has 0 radical (unpaired) electrons. The summed E-state index contributed by atoms with van der Waals surface area (Å²) in [6, 6.07) is 5.38. The van der Waals surface area contributed by atoms with Crippen LogP contribution in [-0.2, 0) is 16.1 Å². The molecule has 2 aromatic rings. The van der Waals surface area contributed by atoms with E-state index in [1.165, 1.54) is 7.11 Å². The molecule has 0 aliphatic heterocycles. The Hall–Kier alpha value is -2.31. The van der Waals surface area contributed by atoms with Gasteiger partial charge in [-0.15, -0.1) is 10.2 Å². The number of aromatic nitrogens is 5. The molecule has 82 valence electrons. The van der Waals surface area contributed by atoms with Crippen molar-refractivity contribution in [1.29, 1.82) is 0 Å². The second kappa shape index (κ2) is 4.47. The number of tetrazole rings is 1. The topological polar surface area (TPSA) is 82.8 Å². The van der Waals surface area contributed by atoms with E-state index in [1.807, 2.05) is 6.07 Å². The second-order valence-corrected chi connectivity index (χ2v) is 2.93. The molecule has 0 bridgehead atoms. The zero-order chi connectivity index (χ0) is 11.4. The van der Waals surface area contributed by atoms with E-state index < -0.39 is 5.97 Å². The maximum absolute atomic E-state index is 11.0. The number of rotatable bonds is 3. The van der Waals surface area contributed by atoms with Crippen LogP contribution in [-0.4, -0.2) is 38.3 Å². The molecule has 0 amide bonds. The van der Waals surface area contributed by atoms with Crippen molar-refractivity contribution in [2.75, 3.05) is 7.11 Å². The molecule has 7 heteroatoms. The first-order valence-corrected chi connectivity index (χ1v) is 4.55. The van der Waals surface area contributed by atoms with Gasteiger partial charge in [-0.3, -0.25) is 4.98 Å². The Morgan fingerprint density at radius 3 is 3.06 bits per heavy atom. The number of hydrogen-bond acceptors (Lipinski definition) is 6. The summed E-state index contributed by atoms with van der Waals surface area (Å²) in [7, 11) is 1.30. The lowest BCUT2D eigenvalue weighted by molar-refractivity contribution is -0.141. The molecular formula is C9H9N5O2. The van der Waals surface area contributed by atoms with Gasteiger partial charge in [0.25, 0.3) is 0 Å². The van der Waals surface area contributed by atoms with Crippen LogP contribution in [0.3, 0.4) is 0 Å². The molecule has 0 saturated carbocycles. The van der Waals surface area contributed by atoms with E-state index >= 15 is 0 Å². The molecule has 0 N–H and O–H groups in total. The molecule has 0 atom stereocenters. The average molecular weight is 219 g/mol. The molecular weight excluding hydrogens is 210 g/mol. The Morgan fingerprint density at radius 1 is 1.50 bits per heavy atom. The summed E-state index contributed by atoms with van der Waals surface area (Å²) in [4.78, 5) is 16.2. The van der Waals surface area contributed by atoms with Crippen molar-refractivity contribution in [3.8, 4) is 11.5 Å². The maximum Gasteiger partial charge on any atom is 0.329 e. The minimum atomic E-state index is -0.426. The highest BCUT2D eigenvalue weighted by atomic mass is 16.5. The van der Waals surface area contributed by atoms with Crippen LogP contribution in [0.25, 0.3) is 11.5 Å². The van der Waals surface area contributed by atoms with E-state index in [0.717, 1.165) is 4.80 Å². The van der Waals surface area contributed by atoms with Crippen LogP contribution in [0.4, 0.5) is 0 Å². The lowest BCUT2D eigenvalue weighted by Gasteiger charge is -1.95. The number of ether oxygens (including phenoxy) is 1. The molecule has 2 rings (SSSR count). The quantitative estimate of drug-likeness (QED) is 0.671. The number of carbonyl (C=O) groups excluding carboxylic acids is 1. The van der Waals surface area contributed by atoms with Gasteiger partial charge in [0.2, 0.25) is 5.82 Å². The van der Waals surface area contributed by atoms with Crippen LogP contribution in [0.2, 0.25) is 0 Å². The normalized spacial score (nSPS) is 10.1. The summed E-state index contributed by atoms with van der Waals surface area (Å²) in [5.74, 6) is -0.0468. The Bertz CT molecular complexity index is 482. The number of nitrogens with zero attached hydrogens (tertiary/aromatic N) is 5. The van der Waals surface area contributed by atoms with Crippen molar-refractivity contribution in [3.63, 3.8) is 0 Å². The van der Waals surface area contributed by atoms with Gasteiger partial charge < -0.3 is 4.74 Å². The highest BCUT2D eigenvalue weighted by molar-refractivity contribution is 5.68.